The molecule has 0 saturated carbocycles. The summed E-state index contributed by atoms with van der Waals surface area (Å²) >= 11 is 12.8. The highest BCUT2D eigenvalue weighted by Gasteiger charge is 2.27. The van der Waals surface area contributed by atoms with Gasteiger partial charge in [-0.2, -0.15) is 0 Å². The van der Waals surface area contributed by atoms with Gasteiger partial charge in [-0.15, -0.1) is 0 Å². The van der Waals surface area contributed by atoms with Crippen molar-refractivity contribution in [2.75, 3.05) is 24.6 Å². The summed E-state index contributed by atoms with van der Waals surface area (Å²) in [6, 6.07) is 13.4. The van der Waals surface area contributed by atoms with Gasteiger partial charge < -0.3 is 20.5 Å². The lowest BCUT2D eigenvalue weighted by atomic mass is 9.84. The number of carbonyl (C=O) groups excluding carboxylic acids is 1. The van der Waals surface area contributed by atoms with Crippen molar-refractivity contribution in [2.24, 2.45) is 7.05 Å². The Hall–Kier alpha value is -2.47. The standard InChI is InChI=1S/C22H22Cl2N4O/c1-27-11-18(17-7-14(23)8-20(24)19(17)12-27)13-4-3-5-16(6-13)26-22(29)21-9-15(25)10-28(21)2/h3-10,18H,11-12,25H2,1-2H3,(H,26,29). The summed E-state index contributed by atoms with van der Waals surface area (Å²) in [6.45, 7) is 1.63. The fourth-order valence-electron chi connectivity index (χ4n) is 3.97. The maximum absolute atomic E-state index is 12.6. The van der Waals surface area contributed by atoms with Gasteiger partial charge in [0.2, 0.25) is 0 Å². The number of nitrogens with two attached hydrogens (primary N) is 1. The summed E-state index contributed by atoms with van der Waals surface area (Å²) in [5.41, 5.74) is 10.9. The van der Waals surface area contributed by atoms with Gasteiger partial charge in [0.1, 0.15) is 5.69 Å². The molecule has 0 spiro atoms. The van der Waals surface area contributed by atoms with E-state index in [2.05, 4.69) is 23.3 Å². The lowest BCUT2D eigenvalue weighted by Crippen LogP contribution is -2.31. The van der Waals surface area contributed by atoms with E-state index in [0.717, 1.165) is 35.5 Å². The third kappa shape index (κ3) is 3.99. The maximum Gasteiger partial charge on any atom is 0.272 e. The molecule has 1 amide bonds. The highest BCUT2D eigenvalue weighted by atomic mass is 35.5. The third-order valence-corrected chi connectivity index (χ3v) is 5.85. The predicted octanol–water partition coefficient (Wildman–Crippen LogP) is 4.74. The van der Waals surface area contributed by atoms with E-state index in [1.807, 2.05) is 24.3 Å². The molecule has 29 heavy (non-hydrogen) atoms. The highest BCUT2D eigenvalue weighted by Crippen LogP contribution is 2.38. The van der Waals surface area contributed by atoms with E-state index in [1.54, 1.807) is 29.9 Å². The van der Waals surface area contributed by atoms with Crippen molar-refractivity contribution in [3.63, 3.8) is 0 Å². The van der Waals surface area contributed by atoms with Gasteiger partial charge in [-0.1, -0.05) is 35.3 Å². The number of hydrogen-bond donors (Lipinski definition) is 2. The van der Waals surface area contributed by atoms with Crippen molar-refractivity contribution in [1.82, 2.24) is 9.47 Å². The molecule has 0 aliphatic carbocycles. The van der Waals surface area contributed by atoms with Gasteiger partial charge in [-0.05, 0) is 54.1 Å². The number of nitrogens with zero attached hydrogens (tertiary/aromatic N) is 2. The summed E-state index contributed by atoms with van der Waals surface area (Å²) in [7, 11) is 3.87. The Kier molecular flexibility index (Phi) is 5.30. The van der Waals surface area contributed by atoms with E-state index in [1.165, 1.54) is 0 Å². The van der Waals surface area contributed by atoms with E-state index < -0.39 is 0 Å². The van der Waals surface area contributed by atoms with Crippen LogP contribution in [0.25, 0.3) is 0 Å². The molecular formula is C22H22Cl2N4O. The normalized spacial score (nSPS) is 16.5. The molecule has 3 N–H and O–H groups in total. The van der Waals surface area contributed by atoms with Crippen LogP contribution in [0.3, 0.4) is 0 Å². The van der Waals surface area contributed by atoms with Crippen LogP contribution >= 0.6 is 23.2 Å². The fraction of sp³-hybridized carbons (Fsp3) is 0.227. The number of hydrogen-bond acceptors (Lipinski definition) is 3. The molecule has 2 aromatic carbocycles. The smallest absolute Gasteiger partial charge is 0.272 e. The Morgan fingerprint density at radius 2 is 1.97 bits per heavy atom. The monoisotopic (exact) mass is 428 g/mol. The second-order valence-corrected chi connectivity index (χ2v) is 8.40. The fourth-order valence-corrected chi connectivity index (χ4v) is 4.54. The van der Waals surface area contributed by atoms with Crippen LogP contribution in [0.1, 0.15) is 33.1 Å². The first-order valence-electron chi connectivity index (χ1n) is 9.31. The number of amides is 1. The minimum atomic E-state index is -0.200. The van der Waals surface area contributed by atoms with Crippen molar-refractivity contribution >= 4 is 40.5 Å². The molecule has 1 unspecified atom stereocenters. The van der Waals surface area contributed by atoms with Crippen molar-refractivity contribution in [2.45, 2.75) is 12.5 Å². The molecule has 0 radical (unpaired) electrons. The molecule has 7 heteroatoms. The van der Waals surface area contributed by atoms with Crippen molar-refractivity contribution in [3.05, 3.63) is 81.1 Å². The lowest BCUT2D eigenvalue weighted by Gasteiger charge is -2.33. The Morgan fingerprint density at radius 1 is 1.17 bits per heavy atom. The zero-order valence-electron chi connectivity index (χ0n) is 16.2. The molecule has 150 valence electrons. The number of fused-ring (bicyclic) bond motifs is 1. The van der Waals surface area contributed by atoms with Crippen LogP contribution in [-0.2, 0) is 13.6 Å². The van der Waals surface area contributed by atoms with Gasteiger partial charge in [0.05, 0.1) is 5.69 Å². The molecule has 1 aliphatic heterocycles. The average molecular weight is 429 g/mol. The Bertz CT molecular complexity index is 1090. The number of rotatable bonds is 3. The molecule has 0 saturated heterocycles. The summed E-state index contributed by atoms with van der Waals surface area (Å²) in [6.07, 6.45) is 1.72. The number of carbonyl (C=O) groups is 1. The number of anilines is 2. The van der Waals surface area contributed by atoms with E-state index in [-0.39, 0.29) is 11.8 Å². The second-order valence-electron chi connectivity index (χ2n) is 7.55. The number of aromatic nitrogens is 1. The molecular weight excluding hydrogens is 407 g/mol. The van der Waals surface area contributed by atoms with Gasteiger partial charge in [-0.3, -0.25) is 4.79 Å². The number of benzene rings is 2. The minimum Gasteiger partial charge on any atom is -0.397 e. The largest absolute Gasteiger partial charge is 0.397 e. The van der Waals surface area contributed by atoms with Gasteiger partial charge in [0.25, 0.3) is 5.91 Å². The molecule has 0 bridgehead atoms. The Morgan fingerprint density at radius 3 is 2.69 bits per heavy atom. The van der Waals surface area contributed by atoms with Gasteiger partial charge in [-0.25, -0.2) is 0 Å². The van der Waals surface area contributed by atoms with Crippen LogP contribution in [0.5, 0.6) is 0 Å². The first-order valence-corrected chi connectivity index (χ1v) is 10.1. The minimum absolute atomic E-state index is 0.113. The topological polar surface area (TPSA) is 63.3 Å². The molecule has 2 heterocycles. The summed E-state index contributed by atoms with van der Waals surface area (Å²) in [4.78, 5) is 14.9. The van der Waals surface area contributed by atoms with Crippen LogP contribution in [0.15, 0.2) is 48.7 Å². The lowest BCUT2D eigenvalue weighted by molar-refractivity contribution is 0.101. The van der Waals surface area contributed by atoms with Crippen LogP contribution < -0.4 is 11.1 Å². The summed E-state index contributed by atoms with van der Waals surface area (Å²) in [5, 5.41) is 4.29. The van der Waals surface area contributed by atoms with E-state index in [9.17, 15) is 4.79 Å². The van der Waals surface area contributed by atoms with E-state index in [4.69, 9.17) is 28.9 Å². The average Bonchev–Trinajstić information content (AvgIpc) is 3.00. The van der Waals surface area contributed by atoms with Gasteiger partial charge >= 0.3 is 0 Å². The summed E-state index contributed by atoms with van der Waals surface area (Å²) in [5.74, 6) is -0.0870. The zero-order chi connectivity index (χ0) is 20.7. The Balaban J connectivity index is 1.66. The van der Waals surface area contributed by atoms with Crippen molar-refractivity contribution in [3.8, 4) is 0 Å². The SMILES string of the molecule is CN1Cc2c(Cl)cc(Cl)cc2C(c2cccc(NC(=O)c3cc(N)cn3C)c2)C1. The van der Waals surface area contributed by atoms with Crippen LogP contribution in [0.2, 0.25) is 10.0 Å². The van der Waals surface area contributed by atoms with Crippen LogP contribution in [0, 0.1) is 0 Å². The molecule has 1 aromatic heterocycles. The molecule has 1 aliphatic rings. The van der Waals surface area contributed by atoms with Crippen molar-refractivity contribution in [1.29, 1.82) is 0 Å². The summed E-state index contributed by atoms with van der Waals surface area (Å²) < 4.78 is 1.71. The third-order valence-electron chi connectivity index (χ3n) is 5.30. The highest BCUT2D eigenvalue weighted by molar-refractivity contribution is 6.35. The van der Waals surface area contributed by atoms with Gasteiger partial charge in [0.15, 0.2) is 0 Å². The van der Waals surface area contributed by atoms with Crippen molar-refractivity contribution < 1.29 is 4.79 Å². The number of halogens is 2. The molecule has 1 atom stereocenters. The van der Waals surface area contributed by atoms with Gasteiger partial charge in [0, 0.05) is 48.0 Å². The first kappa shape index (κ1) is 19.8. The van der Waals surface area contributed by atoms with Crippen LogP contribution in [0.4, 0.5) is 11.4 Å². The molecule has 5 nitrogen and oxygen atoms in total. The second kappa shape index (κ2) is 7.75. The quantitative estimate of drug-likeness (QED) is 0.632. The number of nitrogens with one attached hydrogen (secondary N) is 1. The maximum atomic E-state index is 12.6. The Labute approximate surface area is 180 Å². The number of likely N-dealkylation sites (N-methyl/N-ethyl adjacent to an activating group) is 1. The molecule has 4 rings (SSSR count). The predicted molar refractivity (Wildman–Crippen MR) is 119 cm³/mol. The number of aryl methyl sites for hydroxylation is 1. The molecule has 0 fully saturated rings. The van der Waals surface area contributed by atoms with E-state index >= 15 is 0 Å². The van der Waals surface area contributed by atoms with E-state index in [0.29, 0.717) is 21.4 Å². The number of nitrogen functional groups attached to an aromatic ring is 1. The van der Waals surface area contributed by atoms with Crippen LogP contribution in [-0.4, -0.2) is 29.0 Å². The zero-order valence-corrected chi connectivity index (χ0v) is 17.8. The first-order chi connectivity index (χ1) is 13.8. The molecule has 3 aromatic rings.